The van der Waals surface area contributed by atoms with Crippen LogP contribution in [0.1, 0.15) is 21.9 Å². The van der Waals surface area contributed by atoms with Crippen LogP contribution in [0, 0.1) is 6.92 Å². The molecule has 29 heavy (non-hydrogen) atoms. The van der Waals surface area contributed by atoms with Gasteiger partial charge >= 0.3 is 5.97 Å². The molecule has 0 radical (unpaired) electrons. The first kappa shape index (κ1) is 17.8. The van der Waals surface area contributed by atoms with Gasteiger partial charge in [-0.3, -0.25) is 9.20 Å². The van der Waals surface area contributed by atoms with Crippen molar-refractivity contribution in [1.29, 1.82) is 0 Å². The quantitative estimate of drug-likeness (QED) is 0.401. The third-order valence-electron chi connectivity index (χ3n) is 4.29. The summed E-state index contributed by atoms with van der Waals surface area (Å²) >= 11 is 2.85. The summed E-state index contributed by atoms with van der Waals surface area (Å²) in [4.78, 5) is 34.0. The number of rotatable bonds is 4. The number of carbonyl (C=O) groups is 1. The van der Waals surface area contributed by atoms with Crippen LogP contribution < -0.4 is 5.56 Å². The maximum Gasteiger partial charge on any atom is 0.374 e. The van der Waals surface area contributed by atoms with E-state index >= 15 is 0 Å². The van der Waals surface area contributed by atoms with Crippen molar-refractivity contribution in [3.05, 3.63) is 75.3 Å². The van der Waals surface area contributed by atoms with E-state index in [0.717, 1.165) is 15.9 Å². The summed E-state index contributed by atoms with van der Waals surface area (Å²) in [5.41, 5.74) is 1.90. The predicted molar refractivity (Wildman–Crippen MR) is 111 cm³/mol. The van der Waals surface area contributed by atoms with Gasteiger partial charge in [0.25, 0.3) is 5.56 Å². The highest BCUT2D eigenvalue weighted by Crippen LogP contribution is 2.31. The highest BCUT2D eigenvalue weighted by molar-refractivity contribution is 7.21. The maximum atomic E-state index is 12.3. The molecule has 0 aliphatic carbocycles. The van der Waals surface area contributed by atoms with Crippen molar-refractivity contribution in [1.82, 2.24) is 14.4 Å². The minimum atomic E-state index is -0.623. The van der Waals surface area contributed by atoms with Gasteiger partial charge in [0.05, 0.1) is 15.9 Å². The molecule has 0 aliphatic heterocycles. The van der Waals surface area contributed by atoms with E-state index in [1.807, 2.05) is 36.6 Å². The van der Waals surface area contributed by atoms with Crippen molar-refractivity contribution in [3.8, 4) is 10.8 Å². The number of thiazole rings is 2. The highest BCUT2D eigenvalue weighted by atomic mass is 32.1. The van der Waals surface area contributed by atoms with Crippen molar-refractivity contribution >= 4 is 43.8 Å². The van der Waals surface area contributed by atoms with E-state index in [-0.39, 0.29) is 17.9 Å². The van der Waals surface area contributed by atoms with Gasteiger partial charge in [-0.15, -0.1) is 22.7 Å². The van der Waals surface area contributed by atoms with Gasteiger partial charge in [-0.05, 0) is 31.2 Å². The van der Waals surface area contributed by atoms with Gasteiger partial charge in [-0.25, -0.2) is 14.8 Å². The molecule has 4 aromatic heterocycles. The molecule has 7 nitrogen and oxygen atoms in total. The molecule has 0 aliphatic rings. The van der Waals surface area contributed by atoms with Gasteiger partial charge < -0.3 is 9.15 Å². The van der Waals surface area contributed by atoms with Crippen molar-refractivity contribution in [2.45, 2.75) is 13.5 Å². The van der Waals surface area contributed by atoms with Gasteiger partial charge in [0, 0.05) is 17.1 Å². The van der Waals surface area contributed by atoms with Crippen LogP contribution in [0.4, 0.5) is 0 Å². The fourth-order valence-electron chi connectivity index (χ4n) is 2.93. The lowest BCUT2D eigenvalue weighted by Gasteiger charge is -2.03. The summed E-state index contributed by atoms with van der Waals surface area (Å²) in [6.07, 6.45) is 0. The molecule has 0 unspecified atom stereocenters. The third kappa shape index (κ3) is 3.24. The van der Waals surface area contributed by atoms with Crippen molar-refractivity contribution in [2.24, 2.45) is 0 Å². The SMILES string of the molecule is Cc1csc2nc(COC(=O)c3ccc(-c4nc5ccccc5s4)o3)cc(=O)n12. The van der Waals surface area contributed by atoms with E-state index < -0.39 is 5.97 Å². The lowest BCUT2D eigenvalue weighted by Crippen LogP contribution is -2.16. The molecule has 0 bridgehead atoms. The zero-order chi connectivity index (χ0) is 20.0. The number of furan rings is 1. The minimum absolute atomic E-state index is 0.0732. The van der Waals surface area contributed by atoms with E-state index in [9.17, 15) is 9.59 Å². The summed E-state index contributed by atoms with van der Waals surface area (Å²) in [7, 11) is 0. The topological polar surface area (TPSA) is 86.7 Å². The Balaban J connectivity index is 1.33. The van der Waals surface area contributed by atoms with Gasteiger partial charge in [-0.2, -0.15) is 0 Å². The Morgan fingerprint density at radius 1 is 1.21 bits per heavy atom. The Morgan fingerprint density at radius 2 is 2.07 bits per heavy atom. The number of benzene rings is 1. The molecule has 5 rings (SSSR count). The zero-order valence-corrected chi connectivity index (χ0v) is 16.8. The number of hydrogen-bond donors (Lipinski definition) is 0. The Labute approximate surface area is 171 Å². The smallest absolute Gasteiger partial charge is 0.374 e. The lowest BCUT2D eigenvalue weighted by molar-refractivity contribution is 0.0432. The molecule has 0 fully saturated rings. The third-order valence-corrected chi connectivity index (χ3v) is 6.29. The predicted octanol–water partition coefficient (Wildman–Crippen LogP) is 4.29. The van der Waals surface area contributed by atoms with Crippen LogP contribution in [0.15, 0.2) is 57.1 Å². The minimum Gasteiger partial charge on any atom is -0.453 e. The Hall–Kier alpha value is -3.30. The van der Waals surface area contributed by atoms with E-state index in [0.29, 0.717) is 21.4 Å². The van der Waals surface area contributed by atoms with Crippen molar-refractivity contribution in [3.63, 3.8) is 0 Å². The molecule has 4 heterocycles. The first-order chi connectivity index (χ1) is 14.1. The number of carbonyl (C=O) groups excluding carboxylic acids is 1. The number of aryl methyl sites for hydroxylation is 1. The molecule has 0 saturated carbocycles. The molecule has 9 heteroatoms. The summed E-state index contributed by atoms with van der Waals surface area (Å²) in [6, 6.07) is 12.4. The molecule has 5 aromatic rings. The standard InChI is InChI=1S/C20H13N3O4S2/c1-11-10-28-20-21-12(8-17(24)23(11)20)9-26-19(25)15-7-6-14(27-15)18-22-13-4-2-3-5-16(13)29-18/h2-8,10H,9H2,1H3. The van der Waals surface area contributed by atoms with Gasteiger partial charge in [-0.1, -0.05) is 12.1 Å². The number of para-hydroxylation sites is 1. The van der Waals surface area contributed by atoms with Crippen LogP contribution in [0.2, 0.25) is 0 Å². The van der Waals surface area contributed by atoms with Crippen molar-refractivity contribution in [2.75, 3.05) is 0 Å². The first-order valence-corrected chi connectivity index (χ1v) is 10.4. The number of fused-ring (bicyclic) bond motifs is 2. The Kier molecular flexibility index (Phi) is 4.26. The zero-order valence-electron chi connectivity index (χ0n) is 15.1. The Bertz CT molecular complexity index is 1390. The fraction of sp³-hybridized carbons (Fsp3) is 0.100. The van der Waals surface area contributed by atoms with Crippen LogP contribution in [0.5, 0.6) is 0 Å². The summed E-state index contributed by atoms with van der Waals surface area (Å²) in [6.45, 7) is 1.73. The molecular formula is C20H13N3O4S2. The lowest BCUT2D eigenvalue weighted by atomic mass is 10.3. The van der Waals surface area contributed by atoms with E-state index in [2.05, 4.69) is 9.97 Å². The number of nitrogens with zero attached hydrogens (tertiary/aromatic N) is 3. The molecule has 0 saturated heterocycles. The van der Waals surface area contributed by atoms with Crippen LogP contribution >= 0.6 is 22.7 Å². The monoisotopic (exact) mass is 423 g/mol. The van der Waals surface area contributed by atoms with Gasteiger partial charge in [0.1, 0.15) is 6.61 Å². The second-order valence-corrected chi connectivity index (χ2v) is 8.17. The molecule has 144 valence electrons. The average molecular weight is 423 g/mol. The normalized spacial score (nSPS) is 11.3. The van der Waals surface area contributed by atoms with Gasteiger partial charge in [0.15, 0.2) is 15.7 Å². The maximum absolute atomic E-state index is 12.3. The van der Waals surface area contributed by atoms with E-state index in [1.165, 1.54) is 33.1 Å². The van der Waals surface area contributed by atoms with Crippen LogP contribution in [-0.2, 0) is 11.3 Å². The average Bonchev–Trinajstić information content (AvgIpc) is 3.44. The number of hydrogen-bond acceptors (Lipinski definition) is 8. The fourth-order valence-corrected chi connectivity index (χ4v) is 4.74. The van der Waals surface area contributed by atoms with Crippen LogP contribution in [0.25, 0.3) is 25.9 Å². The van der Waals surface area contributed by atoms with Gasteiger partial charge in [0.2, 0.25) is 5.76 Å². The van der Waals surface area contributed by atoms with E-state index in [1.54, 1.807) is 12.1 Å². The molecule has 0 amide bonds. The molecule has 0 spiro atoms. The van der Waals surface area contributed by atoms with Crippen LogP contribution in [-0.4, -0.2) is 20.3 Å². The van der Waals surface area contributed by atoms with Crippen molar-refractivity contribution < 1.29 is 13.9 Å². The number of ether oxygens (including phenoxy) is 1. The Morgan fingerprint density at radius 3 is 2.93 bits per heavy atom. The summed E-state index contributed by atoms with van der Waals surface area (Å²) < 4.78 is 13.5. The molecule has 1 aromatic carbocycles. The molecule has 0 N–H and O–H groups in total. The first-order valence-electron chi connectivity index (χ1n) is 8.68. The summed E-state index contributed by atoms with van der Waals surface area (Å²) in [5.74, 6) is -0.0456. The largest absolute Gasteiger partial charge is 0.453 e. The van der Waals surface area contributed by atoms with E-state index in [4.69, 9.17) is 9.15 Å². The van der Waals surface area contributed by atoms with Crippen LogP contribution in [0.3, 0.4) is 0 Å². The number of aromatic nitrogens is 3. The molecular weight excluding hydrogens is 410 g/mol. The summed E-state index contributed by atoms with van der Waals surface area (Å²) in [5, 5.41) is 2.55. The highest BCUT2D eigenvalue weighted by Gasteiger charge is 2.17. The number of esters is 1. The second-order valence-electron chi connectivity index (χ2n) is 6.31. The second kappa shape index (κ2) is 6.94. The molecule has 0 atom stereocenters.